The lowest BCUT2D eigenvalue weighted by molar-refractivity contribution is 0.102. The molecule has 4 aromatic rings. The third-order valence-corrected chi connectivity index (χ3v) is 6.61. The first-order valence-corrected chi connectivity index (χ1v) is 11.4. The van der Waals surface area contributed by atoms with Gasteiger partial charge in [0, 0.05) is 11.3 Å². The molecule has 0 aromatic heterocycles. The number of nitrogens with one attached hydrogen (secondary N) is 2. The fourth-order valence-corrected chi connectivity index (χ4v) is 4.77. The number of ether oxygens (including phenoxy) is 1. The van der Waals surface area contributed by atoms with Crippen molar-refractivity contribution >= 4 is 38.1 Å². The van der Waals surface area contributed by atoms with Crippen molar-refractivity contribution in [2.75, 3.05) is 17.1 Å². The average Bonchev–Trinajstić information content (AvgIpc) is 2.79. The summed E-state index contributed by atoms with van der Waals surface area (Å²) in [4.78, 5) is 12.9. The summed E-state index contributed by atoms with van der Waals surface area (Å²) in [5.41, 5.74) is 1.71. The highest BCUT2D eigenvalue weighted by Gasteiger charge is 2.21. The second-order valence-electron chi connectivity index (χ2n) is 7.30. The van der Waals surface area contributed by atoms with Crippen molar-refractivity contribution in [3.05, 3.63) is 96.1 Å². The molecule has 0 heterocycles. The predicted octanol–water partition coefficient (Wildman–Crippen LogP) is 5.21. The van der Waals surface area contributed by atoms with E-state index >= 15 is 0 Å². The summed E-state index contributed by atoms with van der Waals surface area (Å²) >= 11 is 0. The largest absolute Gasteiger partial charge is 0.495 e. The summed E-state index contributed by atoms with van der Waals surface area (Å²) in [6.45, 7) is 1.68. The molecular weight excluding hydrogens is 424 g/mol. The minimum Gasteiger partial charge on any atom is -0.495 e. The second kappa shape index (κ2) is 8.72. The Balaban J connectivity index is 1.61. The van der Waals surface area contributed by atoms with Crippen LogP contribution in [0.15, 0.2) is 89.8 Å². The van der Waals surface area contributed by atoms with Crippen LogP contribution in [0, 0.1) is 6.92 Å². The van der Waals surface area contributed by atoms with E-state index < -0.39 is 15.9 Å². The van der Waals surface area contributed by atoms with Crippen molar-refractivity contribution in [3.8, 4) is 5.75 Å². The number of hydrogen-bond donors (Lipinski definition) is 2. The Kier molecular flexibility index (Phi) is 5.83. The van der Waals surface area contributed by atoms with Crippen LogP contribution in [0.1, 0.15) is 15.9 Å². The molecule has 0 saturated heterocycles. The summed E-state index contributed by atoms with van der Waals surface area (Å²) in [6.07, 6.45) is 0. The standard InChI is InChI=1S/C25H22N2O4S/c1-17-11-12-20(25(28)26-21-14-13-18-7-3-4-8-19(18)15-21)16-24(17)32(29,30)27-22-9-5-6-10-23(22)31-2/h3-16,27H,1-2H3,(H,26,28). The quantitative estimate of drug-likeness (QED) is 0.426. The molecule has 0 aliphatic rings. The van der Waals surface area contributed by atoms with Gasteiger partial charge < -0.3 is 10.1 Å². The molecule has 0 unspecified atom stereocenters. The molecule has 7 heteroatoms. The zero-order valence-electron chi connectivity index (χ0n) is 17.6. The zero-order valence-corrected chi connectivity index (χ0v) is 18.4. The number of carbonyl (C=O) groups is 1. The van der Waals surface area contributed by atoms with Crippen LogP contribution in [0.4, 0.5) is 11.4 Å². The number of rotatable bonds is 6. The Morgan fingerprint density at radius 2 is 1.56 bits per heavy atom. The van der Waals surface area contributed by atoms with Gasteiger partial charge in [-0.2, -0.15) is 0 Å². The number of para-hydroxylation sites is 2. The maximum Gasteiger partial charge on any atom is 0.262 e. The summed E-state index contributed by atoms with van der Waals surface area (Å²) < 4.78 is 33.9. The molecule has 0 aliphatic heterocycles. The third kappa shape index (κ3) is 4.43. The highest BCUT2D eigenvalue weighted by Crippen LogP contribution is 2.28. The number of anilines is 2. The van der Waals surface area contributed by atoms with E-state index in [0.717, 1.165) is 10.8 Å². The van der Waals surface area contributed by atoms with Crippen LogP contribution in [0.2, 0.25) is 0 Å². The van der Waals surface area contributed by atoms with E-state index in [1.54, 1.807) is 43.3 Å². The fraction of sp³-hybridized carbons (Fsp3) is 0.0800. The Morgan fingerprint density at radius 1 is 0.844 bits per heavy atom. The van der Waals surface area contributed by atoms with Gasteiger partial charge in [-0.05, 0) is 59.7 Å². The molecule has 1 amide bonds. The van der Waals surface area contributed by atoms with Crippen LogP contribution in [-0.2, 0) is 10.0 Å². The van der Waals surface area contributed by atoms with Crippen LogP contribution >= 0.6 is 0 Å². The van der Waals surface area contributed by atoms with E-state index in [-0.39, 0.29) is 10.5 Å². The van der Waals surface area contributed by atoms with Gasteiger partial charge >= 0.3 is 0 Å². The Bertz CT molecular complexity index is 1410. The molecule has 4 rings (SSSR count). The maximum absolute atomic E-state index is 13.1. The predicted molar refractivity (Wildman–Crippen MR) is 127 cm³/mol. The van der Waals surface area contributed by atoms with Crippen molar-refractivity contribution in [2.24, 2.45) is 0 Å². The van der Waals surface area contributed by atoms with E-state index in [0.29, 0.717) is 22.7 Å². The van der Waals surface area contributed by atoms with Crippen molar-refractivity contribution in [2.45, 2.75) is 11.8 Å². The van der Waals surface area contributed by atoms with Gasteiger partial charge in [-0.25, -0.2) is 8.42 Å². The molecule has 0 bridgehead atoms. The van der Waals surface area contributed by atoms with E-state index in [4.69, 9.17) is 4.74 Å². The van der Waals surface area contributed by atoms with Gasteiger partial charge in [0.15, 0.2) is 0 Å². The lowest BCUT2D eigenvalue weighted by Crippen LogP contribution is -2.17. The number of benzene rings is 4. The molecule has 0 spiro atoms. The molecule has 6 nitrogen and oxygen atoms in total. The van der Waals surface area contributed by atoms with Gasteiger partial charge in [-0.1, -0.05) is 48.5 Å². The number of amides is 1. The van der Waals surface area contributed by atoms with E-state index in [9.17, 15) is 13.2 Å². The van der Waals surface area contributed by atoms with Crippen LogP contribution in [0.25, 0.3) is 10.8 Å². The maximum atomic E-state index is 13.1. The average molecular weight is 447 g/mol. The summed E-state index contributed by atoms with van der Waals surface area (Å²) in [7, 11) is -2.48. The number of carbonyl (C=O) groups excluding carboxylic acids is 1. The Morgan fingerprint density at radius 3 is 2.34 bits per heavy atom. The van der Waals surface area contributed by atoms with E-state index in [1.165, 1.54) is 13.2 Å². The normalized spacial score (nSPS) is 11.2. The second-order valence-corrected chi connectivity index (χ2v) is 8.95. The van der Waals surface area contributed by atoms with Gasteiger partial charge in [0.1, 0.15) is 5.75 Å². The van der Waals surface area contributed by atoms with Crippen molar-refractivity contribution < 1.29 is 17.9 Å². The third-order valence-electron chi connectivity index (χ3n) is 5.10. The molecule has 4 aromatic carbocycles. The molecule has 0 atom stereocenters. The van der Waals surface area contributed by atoms with Gasteiger partial charge in [0.2, 0.25) is 0 Å². The minimum absolute atomic E-state index is 0.0227. The fourth-order valence-electron chi connectivity index (χ4n) is 3.43. The molecule has 0 radical (unpaired) electrons. The van der Waals surface area contributed by atoms with Crippen molar-refractivity contribution in [3.63, 3.8) is 0 Å². The van der Waals surface area contributed by atoms with Crippen LogP contribution in [0.5, 0.6) is 5.75 Å². The highest BCUT2D eigenvalue weighted by molar-refractivity contribution is 7.92. The SMILES string of the molecule is COc1ccccc1NS(=O)(=O)c1cc(C(=O)Nc2ccc3ccccc3c2)ccc1C. The Hall–Kier alpha value is -3.84. The summed E-state index contributed by atoms with van der Waals surface area (Å²) in [5.74, 6) is 0.00736. The molecule has 162 valence electrons. The first-order chi connectivity index (χ1) is 15.4. The first-order valence-electron chi connectivity index (χ1n) is 9.94. The monoisotopic (exact) mass is 446 g/mol. The van der Waals surface area contributed by atoms with Crippen molar-refractivity contribution in [1.29, 1.82) is 0 Å². The lowest BCUT2D eigenvalue weighted by Gasteiger charge is -2.14. The van der Waals surface area contributed by atoms with E-state index in [1.807, 2.05) is 42.5 Å². The summed E-state index contributed by atoms with van der Waals surface area (Å²) in [6, 6.07) is 24.8. The molecule has 0 aliphatic carbocycles. The van der Waals surface area contributed by atoms with Gasteiger partial charge in [-0.3, -0.25) is 9.52 Å². The number of aryl methyl sites for hydroxylation is 1. The van der Waals surface area contributed by atoms with Gasteiger partial charge in [0.05, 0.1) is 17.7 Å². The van der Waals surface area contributed by atoms with E-state index in [2.05, 4.69) is 10.0 Å². The van der Waals surface area contributed by atoms with Gasteiger partial charge in [-0.15, -0.1) is 0 Å². The number of hydrogen-bond acceptors (Lipinski definition) is 4. The zero-order chi connectivity index (χ0) is 22.7. The number of methoxy groups -OCH3 is 1. The first kappa shape index (κ1) is 21.4. The molecular formula is C25H22N2O4S. The van der Waals surface area contributed by atoms with Gasteiger partial charge in [0.25, 0.3) is 15.9 Å². The van der Waals surface area contributed by atoms with Crippen LogP contribution < -0.4 is 14.8 Å². The van der Waals surface area contributed by atoms with Crippen LogP contribution in [0.3, 0.4) is 0 Å². The molecule has 0 fully saturated rings. The smallest absolute Gasteiger partial charge is 0.262 e. The number of sulfonamides is 1. The lowest BCUT2D eigenvalue weighted by atomic mass is 10.1. The van der Waals surface area contributed by atoms with Crippen molar-refractivity contribution in [1.82, 2.24) is 0 Å². The van der Waals surface area contributed by atoms with Crippen LogP contribution in [-0.4, -0.2) is 21.4 Å². The summed E-state index contributed by atoms with van der Waals surface area (Å²) in [5, 5.41) is 4.91. The molecule has 0 saturated carbocycles. The Labute approximate surface area is 186 Å². The minimum atomic E-state index is -3.94. The highest BCUT2D eigenvalue weighted by atomic mass is 32.2. The molecule has 32 heavy (non-hydrogen) atoms. The molecule has 2 N–H and O–H groups in total. The number of fused-ring (bicyclic) bond motifs is 1. The topological polar surface area (TPSA) is 84.5 Å².